The van der Waals surface area contributed by atoms with Gasteiger partial charge in [-0.25, -0.2) is 0 Å². The minimum Gasteiger partial charge on any atom is -0.485 e. The van der Waals surface area contributed by atoms with E-state index in [-0.39, 0.29) is 13.2 Å². The van der Waals surface area contributed by atoms with E-state index in [0.29, 0.717) is 11.7 Å². The molecular weight excluding hydrogens is 242 g/mol. The molecule has 1 heterocycles. The van der Waals surface area contributed by atoms with Crippen molar-refractivity contribution < 1.29 is 9.26 Å². The molecular formula is C14H13N3O2. The molecule has 0 aliphatic heterocycles. The summed E-state index contributed by atoms with van der Waals surface area (Å²) in [6.45, 7) is 0.505. The molecule has 0 amide bonds. The molecule has 0 aliphatic carbocycles. The van der Waals surface area contributed by atoms with Gasteiger partial charge in [-0.05, 0) is 22.9 Å². The minimum absolute atomic E-state index is 0.239. The summed E-state index contributed by atoms with van der Waals surface area (Å²) in [7, 11) is 0. The zero-order valence-electron chi connectivity index (χ0n) is 10.2. The van der Waals surface area contributed by atoms with Gasteiger partial charge in [0.1, 0.15) is 5.75 Å². The molecule has 2 N–H and O–H groups in total. The number of hydrogen-bond donors (Lipinski definition) is 1. The Bertz CT molecular complexity index is 694. The van der Waals surface area contributed by atoms with Gasteiger partial charge in [0, 0.05) is 0 Å². The second-order valence-corrected chi connectivity index (χ2v) is 4.11. The Labute approximate surface area is 110 Å². The van der Waals surface area contributed by atoms with Gasteiger partial charge in [0.15, 0.2) is 6.61 Å². The van der Waals surface area contributed by atoms with Crippen molar-refractivity contribution in [3.05, 3.63) is 54.2 Å². The molecule has 3 aromatic rings. The van der Waals surface area contributed by atoms with E-state index in [9.17, 15) is 0 Å². The first-order chi connectivity index (χ1) is 9.35. The van der Waals surface area contributed by atoms with Gasteiger partial charge in [0.05, 0.1) is 6.54 Å². The van der Waals surface area contributed by atoms with Crippen LogP contribution in [0.2, 0.25) is 0 Å². The van der Waals surface area contributed by atoms with Gasteiger partial charge >= 0.3 is 0 Å². The minimum atomic E-state index is 0.239. The molecule has 0 fully saturated rings. The summed E-state index contributed by atoms with van der Waals surface area (Å²) in [6.07, 6.45) is 0. The lowest BCUT2D eigenvalue weighted by Gasteiger charge is -2.04. The van der Waals surface area contributed by atoms with Crippen molar-refractivity contribution in [2.24, 2.45) is 5.73 Å². The van der Waals surface area contributed by atoms with Crippen LogP contribution in [0.5, 0.6) is 5.75 Å². The molecule has 5 nitrogen and oxygen atoms in total. The summed E-state index contributed by atoms with van der Waals surface area (Å²) in [5.41, 5.74) is 5.40. The van der Waals surface area contributed by atoms with Crippen LogP contribution in [0.1, 0.15) is 11.7 Å². The summed E-state index contributed by atoms with van der Waals surface area (Å²) in [4.78, 5) is 4.08. The smallest absolute Gasteiger partial charge is 0.240 e. The molecule has 0 spiro atoms. The SMILES string of the molecule is NCc1nc(COc2ccc3ccccc3c2)no1. The van der Waals surface area contributed by atoms with Gasteiger partial charge in [-0.2, -0.15) is 4.98 Å². The normalized spacial score (nSPS) is 10.8. The van der Waals surface area contributed by atoms with Crippen LogP contribution in [-0.4, -0.2) is 10.1 Å². The fourth-order valence-corrected chi connectivity index (χ4v) is 1.84. The van der Waals surface area contributed by atoms with Gasteiger partial charge in [-0.1, -0.05) is 35.5 Å². The van der Waals surface area contributed by atoms with Crippen LogP contribution < -0.4 is 10.5 Å². The molecule has 0 saturated carbocycles. The Hall–Kier alpha value is -2.40. The maximum atomic E-state index is 5.63. The van der Waals surface area contributed by atoms with Crippen LogP contribution in [-0.2, 0) is 13.2 Å². The predicted octanol–water partition coefficient (Wildman–Crippen LogP) is 2.26. The second-order valence-electron chi connectivity index (χ2n) is 4.11. The highest BCUT2D eigenvalue weighted by molar-refractivity contribution is 5.83. The molecule has 96 valence electrons. The highest BCUT2D eigenvalue weighted by Crippen LogP contribution is 2.21. The molecule has 1 aromatic heterocycles. The van der Waals surface area contributed by atoms with E-state index in [1.54, 1.807) is 0 Å². The Kier molecular flexibility index (Phi) is 3.12. The average molecular weight is 255 g/mol. The van der Waals surface area contributed by atoms with Crippen LogP contribution >= 0.6 is 0 Å². The average Bonchev–Trinajstić information content (AvgIpc) is 2.93. The molecule has 0 saturated heterocycles. The topological polar surface area (TPSA) is 74.2 Å². The van der Waals surface area contributed by atoms with Crippen molar-refractivity contribution in [2.45, 2.75) is 13.2 Å². The first kappa shape index (κ1) is 11.7. The summed E-state index contributed by atoms with van der Waals surface area (Å²) in [6, 6.07) is 14.0. The zero-order chi connectivity index (χ0) is 13.1. The van der Waals surface area contributed by atoms with Crippen LogP contribution in [0.3, 0.4) is 0 Å². The van der Waals surface area contributed by atoms with E-state index in [2.05, 4.69) is 16.2 Å². The molecule has 0 bridgehead atoms. The van der Waals surface area contributed by atoms with E-state index < -0.39 is 0 Å². The Balaban J connectivity index is 1.74. The highest BCUT2D eigenvalue weighted by Gasteiger charge is 2.05. The summed E-state index contributed by atoms with van der Waals surface area (Å²) >= 11 is 0. The van der Waals surface area contributed by atoms with E-state index in [1.165, 1.54) is 5.39 Å². The van der Waals surface area contributed by atoms with Gasteiger partial charge < -0.3 is 15.0 Å². The predicted molar refractivity (Wildman–Crippen MR) is 70.5 cm³/mol. The third-order valence-corrected chi connectivity index (χ3v) is 2.77. The number of ether oxygens (including phenoxy) is 1. The van der Waals surface area contributed by atoms with Crippen LogP contribution in [0.4, 0.5) is 0 Å². The molecule has 0 unspecified atom stereocenters. The number of rotatable bonds is 4. The van der Waals surface area contributed by atoms with Gasteiger partial charge in [0.2, 0.25) is 11.7 Å². The van der Waals surface area contributed by atoms with E-state index in [1.807, 2.05) is 36.4 Å². The molecule has 19 heavy (non-hydrogen) atoms. The maximum absolute atomic E-state index is 5.63. The molecule has 0 aliphatic rings. The fourth-order valence-electron chi connectivity index (χ4n) is 1.84. The zero-order valence-corrected chi connectivity index (χ0v) is 10.2. The summed E-state index contributed by atoms with van der Waals surface area (Å²) in [5.74, 6) is 1.68. The highest BCUT2D eigenvalue weighted by atomic mass is 16.5. The number of nitrogens with zero attached hydrogens (tertiary/aromatic N) is 2. The molecule has 5 heteroatoms. The van der Waals surface area contributed by atoms with Crippen molar-refractivity contribution in [2.75, 3.05) is 0 Å². The lowest BCUT2D eigenvalue weighted by Crippen LogP contribution is -1.99. The lowest BCUT2D eigenvalue weighted by atomic mass is 10.1. The van der Waals surface area contributed by atoms with E-state index >= 15 is 0 Å². The van der Waals surface area contributed by atoms with Crippen molar-refractivity contribution in [1.82, 2.24) is 10.1 Å². The van der Waals surface area contributed by atoms with Crippen LogP contribution in [0, 0.1) is 0 Å². The third-order valence-electron chi connectivity index (χ3n) is 2.77. The number of nitrogens with two attached hydrogens (primary N) is 1. The second kappa shape index (κ2) is 5.07. The maximum Gasteiger partial charge on any atom is 0.240 e. The van der Waals surface area contributed by atoms with Gasteiger partial charge in [-0.3, -0.25) is 0 Å². The van der Waals surface area contributed by atoms with Crippen molar-refractivity contribution in [3.8, 4) is 5.75 Å². The molecule has 2 aromatic carbocycles. The lowest BCUT2D eigenvalue weighted by molar-refractivity contribution is 0.285. The number of fused-ring (bicyclic) bond motifs is 1. The Morgan fingerprint density at radius 3 is 2.74 bits per heavy atom. The number of hydrogen-bond acceptors (Lipinski definition) is 5. The largest absolute Gasteiger partial charge is 0.485 e. The Morgan fingerprint density at radius 2 is 1.95 bits per heavy atom. The first-order valence-electron chi connectivity index (χ1n) is 5.98. The summed E-state index contributed by atoms with van der Waals surface area (Å²) < 4.78 is 10.5. The van der Waals surface area contributed by atoms with Gasteiger partial charge in [0.25, 0.3) is 0 Å². The van der Waals surface area contributed by atoms with Gasteiger partial charge in [-0.15, -0.1) is 0 Å². The monoisotopic (exact) mass is 255 g/mol. The van der Waals surface area contributed by atoms with Crippen molar-refractivity contribution in [1.29, 1.82) is 0 Å². The quantitative estimate of drug-likeness (QED) is 0.774. The standard InChI is InChI=1S/C14H13N3O2/c15-8-14-16-13(17-19-14)9-18-12-6-5-10-3-1-2-4-11(10)7-12/h1-7H,8-9,15H2. The van der Waals surface area contributed by atoms with Crippen LogP contribution in [0.15, 0.2) is 47.0 Å². The summed E-state index contributed by atoms with van der Waals surface area (Å²) in [5, 5.41) is 6.09. The fraction of sp³-hybridized carbons (Fsp3) is 0.143. The first-order valence-corrected chi connectivity index (χ1v) is 5.98. The third kappa shape index (κ3) is 2.56. The Morgan fingerprint density at radius 1 is 1.11 bits per heavy atom. The van der Waals surface area contributed by atoms with Crippen molar-refractivity contribution >= 4 is 10.8 Å². The number of benzene rings is 2. The molecule has 3 rings (SSSR count). The van der Waals surface area contributed by atoms with Crippen molar-refractivity contribution in [3.63, 3.8) is 0 Å². The number of aromatic nitrogens is 2. The van der Waals surface area contributed by atoms with Crippen LogP contribution in [0.25, 0.3) is 10.8 Å². The van der Waals surface area contributed by atoms with E-state index in [4.69, 9.17) is 15.0 Å². The molecule has 0 radical (unpaired) electrons. The molecule has 0 atom stereocenters. The van der Waals surface area contributed by atoms with E-state index in [0.717, 1.165) is 11.1 Å².